The lowest BCUT2D eigenvalue weighted by molar-refractivity contribution is 0.100. The summed E-state index contributed by atoms with van der Waals surface area (Å²) < 4.78 is 8.02. The molecule has 2 aromatic rings. The van der Waals surface area contributed by atoms with Gasteiger partial charge in [0.15, 0.2) is 0 Å². The lowest BCUT2D eigenvalue weighted by Crippen LogP contribution is -2.07. The molecule has 0 aromatic carbocycles. The lowest BCUT2D eigenvalue weighted by Gasteiger charge is -1.78. The Balaban J connectivity index is 0.000000145. The van der Waals surface area contributed by atoms with E-state index in [0.29, 0.717) is 4.88 Å². The number of carbonyl (C=O) groups excluding carboxylic acids is 1. The maximum atomic E-state index is 10.3. The van der Waals surface area contributed by atoms with Crippen LogP contribution < -0.4 is 5.73 Å². The van der Waals surface area contributed by atoms with E-state index < -0.39 is 5.91 Å². The second kappa shape index (κ2) is 5.04. The molecule has 5 nitrogen and oxygen atoms in total. The van der Waals surface area contributed by atoms with Gasteiger partial charge < -0.3 is 10.3 Å². The van der Waals surface area contributed by atoms with Crippen LogP contribution in [0.5, 0.6) is 0 Å². The molecule has 0 aliphatic carbocycles. The van der Waals surface area contributed by atoms with Crippen molar-refractivity contribution in [3.8, 4) is 0 Å². The van der Waals surface area contributed by atoms with E-state index >= 15 is 0 Å². The van der Waals surface area contributed by atoms with Crippen molar-refractivity contribution in [2.75, 3.05) is 0 Å². The van der Waals surface area contributed by atoms with Gasteiger partial charge in [0.05, 0.1) is 6.20 Å². The Morgan fingerprint density at radius 2 is 2.38 bits per heavy atom. The van der Waals surface area contributed by atoms with E-state index in [-0.39, 0.29) is 0 Å². The molecular formula is C7H7N3O2S. The van der Waals surface area contributed by atoms with Gasteiger partial charge in [-0.3, -0.25) is 4.79 Å². The fourth-order valence-corrected chi connectivity index (χ4v) is 0.966. The second-order valence-electron chi connectivity index (χ2n) is 1.93. The third-order valence-electron chi connectivity index (χ3n) is 1.03. The summed E-state index contributed by atoms with van der Waals surface area (Å²) in [7, 11) is 0. The van der Waals surface area contributed by atoms with E-state index in [2.05, 4.69) is 14.1 Å². The minimum atomic E-state index is -0.410. The average Bonchev–Trinajstić information content (AvgIpc) is 2.82. The molecule has 0 saturated carbocycles. The molecule has 0 radical (unpaired) electrons. The summed E-state index contributed by atoms with van der Waals surface area (Å²) in [6.07, 6.45) is 4.64. The number of nitrogens with two attached hydrogens (primary N) is 1. The highest BCUT2D eigenvalue weighted by Crippen LogP contribution is 2.00. The summed E-state index contributed by atoms with van der Waals surface area (Å²) in [5.41, 5.74) is 4.89. The molecule has 6 heteroatoms. The number of primary amides is 1. The predicted octanol–water partition coefficient (Wildman–Crippen LogP) is 0.917. The zero-order valence-corrected chi connectivity index (χ0v) is 7.40. The number of aromatic nitrogens is 2. The van der Waals surface area contributed by atoms with Crippen LogP contribution >= 0.6 is 11.5 Å². The Morgan fingerprint density at radius 3 is 2.62 bits per heavy atom. The first-order chi connectivity index (χ1) is 6.30. The topological polar surface area (TPSA) is 82.0 Å². The van der Waals surface area contributed by atoms with Gasteiger partial charge in [-0.25, -0.2) is 4.37 Å². The van der Waals surface area contributed by atoms with Gasteiger partial charge in [-0.1, -0.05) is 5.16 Å². The van der Waals surface area contributed by atoms with E-state index in [4.69, 9.17) is 5.73 Å². The van der Waals surface area contributed by atoms with Gasteiger partial charge in [0.25, 0.3) is 5.91 Å². The molecule has 2 rings (SSSR count). The van der Waals surface area contributed by atoms with Crippen LogP contribution in [0.1, 0.15) is 9.67 Å². The van der Waals surface area contributed by atoms with Crippen LogP contribution in [-0.2, 0) is 0 Å². The minimum Gasteiger partial charge on any atom is -0.365 e. The quantitative estimate of drug-likeness (QED) is 0.736. The molecule has 13 heavy (non-hydrogen) atoms. The Bertz CT molecular complexity index is 313. The maximum absolute atomic E-state index is 10.3. The van der Waals surface area contributed by atoms with Crippen LogP contribution in [0.2, 0.25) is 0 Å². The minimum absolute atomic E-state index is 0.410. The van der Waals surface area contributed by atoms with Crippen LogP contribution in [-0.4, -0.2) is 15.4 Å². The molecule has 68 valence electrons. The van der Waals surface area contributed by atoms with E-state index in [0.717, 1.165) is 11.5 Å². The number of rotatable bonds is 1. The summed E-state index contributed by atoms with van der Waals surface area (Å²) in [4.78, 5) is 10.8. The summed E-state index contributed by atoms with van der Waals surface area (Å²) in [6, 6.07) is 3.31. The van der Waals surface area contributed by atoms with Gasteiger partial charge in [0.2, 0.25) is 0 Å². The summed E-state index contributed by atoms with van der Waals surface area (Å²) in [5, 5.41) is 3.35. The Morgan fingerprint density at radius 1 is 1.54 bits per heavy atom. The monoisotopic (exact) mass is 197 g/mol. The second-order valence-corrected chi connectivity index (χ2v) is 2.76. The molecule has 2 heterocycles. The predicted molar refractivity (Wildman–Crippen MR) is 47.1 cm³/mol. The molecular weight excluding hydrogens is 190 g/mol. The Labute approximate surface area is 78.3 Å². The van der Waals surface area contributed by atoms with Crippen molar-refractivity contribution in [2.24, 2.45) is 5.73 Å². The molecule has 0 atom stereocenters. The van der Waals surface area contributed by atoms with E-state index in [1.165, 1.54) is 6.26 Å². The van der Waals surface area contributed by atoms with E-state index in [1.807, 2.05) is 0 Å². The number of hydrogen-bond donors (Lipinski definition) is 1. The molecule has 0 bridgehead atoms. The van der Waals surface area contributed by atoms with Crippen molar-refractivity contribution < 1.29 is 9.32 Å². The van der Waals surface area contributed by atoms with Crippen LogP contribution in [0.15, 0.2) is 35.3 Å². The van der Waals surface area contributed by atoms with Gasteiger partial charge in [0.1, 0.15) is 11.1 Å². The molecule has 1 amide bonds. The normalized spacial score (nSPS) is 8.62. The number of nitrogens with zero attached hydrogens (tertiary/aromatic N) is 2. The lowest BCUT2D eigenvalue weighted by atomic mass is 10.5. The van der Waals surface area contributed by atoms with Crippen molar-refractivity contribution in [1.82, 2.24) is 9.53 Å². The molecule has 0 aliphatic rings. The van der Waals surface area contributed by atoms with Crippen molar-refractivity contribution in [3.63, 3.8) is 0 Å². The highest BCUT2D eigenvalue weighted by molar-refractivity contribution is 7.08. The van der Waals surface area contributed by atoms with Crippen molar-refractivity contribution in [3.05, 3.63) is 35.7 Å². The third kappa shape index (κ3) is 3.48. The fourth-order valence-electron chi connectivity index (χ4n) is 0.519. The van der Waals surface area contributed by atoms with Gasteiger partial charge >= 0.3 is 0 Å². The van der Waals surface area contributed by atoms with Gasteiger partial charge in [-0.05, 0) is 23.7 Å². The zero-order chi connectivity index (χ0) is 9.52. The molecule has 2 N–H and O–H groups in total. The zero-order valence-electron chi connectivity index (χ0n) is 6.58. The molecule has 0 unspecified atom stereocenters. The molecule has 0 fully saturated rings. The standard InChI is InChI=1S/C4H4N2OS.C3H3NO/c5-4(7)3-1-2-6-8-3;1-2-4-5-3-1/h1-2H,(H2,5,7);1-3H. The third-order valence-corrected chi connectivity index (χ3v) is 1.79. The smallest absolute Gasteiger partial charge is 0.260 e. The van der Waals surface area contributed by atoms with Gasteiger partial charge in [-0.15, -0.1) is 0 Å². The molecule has 0 spiro atoms. The van der Waals surface area contributed by atoms with Gasteiger partial charge in [-0.2, -0.15) is 0 Å². The fraction of sp³-hybridized carbons (Fsp3) is 0. The largest absolute Gasteiger partial charge is 0.365 e. The van der Waals surface area contributed by atoms with E-state index in [9.17, 15) is 4.79 Å². The maximum Gasteiger partial charge on any atom is 0.260 e. The van der Waals surface area contributed by atoms with Gasteiger partial charge in [0, 0.05) is 6.20 Å². The van der Waals surface area contributed by atoms with Crippen molar-refractivity contribution in [2.45, 2.75) is 0 Å². The van der Waals surface area contributed by atoms with Crippen molar-refractivity contribution in [1.29, 1.82) is 0 Å². The van der Waals surface area contributed by atoms with E-state index in [1.54, 1.807) is 24.5 Å². The molecule has 0 saturated heterocycles. The highest BCUT2D eigenvalue weighted by atomic mass is 32.1. The first-order valence-electron chi connectivity index (χ1n) is 3.35. The Kier molecular flexibility index (Phi) is 3.65. The average molecular weight is 197 g/mol. The van der Waals surface area contributed by atoms with Crippen molar-refractivity contribution >= 4 is 17.4 Å². The summed E-state index contributed by atoms with van der Waals surface area (Å²) >= 11 is 1.11. The SMILES string of the molecule is NC(=O)c1ccns1.c1cnoc1. The molecule has 0 aliphatic heterocycles. The van der Waals surface area contributed by atoms with Crippen LogP contribution in [0.3, 0.4) is 0 Å². The number of hydrogen-bond acceptors (Lipinski definition) is 5. The first kappa shape index (κ1) is 9.40. The highest BCUT2D eigenvalue weighted by Gasteiger charge is 1.98. The summed E-state index contributed by atoms with van der Waals surface area (Å²) in [5.74, 6) is -0.410. The van der Waals surface area contributed by atoms with Crippen LogP contribution in [0, 0.1) is 0 Å². The molecule has 2 aromatic heterocycles. The first-order valence-corrected chi connectivity index (χ1v) is 4.13. The number of carbonyl (C=O) groups is 1. The number of amides is 1. The Hall–Kier alpha value is -1.69. The van der Waals surface area contributed by atoms with Crippen LogP contribution in [0.25, 0.3) is 0 Å². The summed E-state index contributed by atoms with van der Waals surface area (Å²) in [6.45, 7) is 0. The van der Waals surface area contributed by atoms with Crippen LogP contribution in [0.4, 0.5) is 0 Å².